The molecule has 2 saturated heterocycles. The number of hydrogen-bond donors (Lipinski definition) is 2. The first-order valence-electron chi connectivity index (χ1n) is 14.7. The number of alkyl halides is 2. The molecule has 4 aliphatic rings. The van der Waals surface area contributed by atoms with Gasteiger partial charge in [0.1, 0.15) is 5.82 Å². The summed E-state index contributed by atoms with van der Waals surface area (Å²) in [6, 6.07) is 13.3. The first kappa shape index (κ1) is 32.5. The second-order valence-electron chi connectivity index (χ2n) is 12.2. The van der Waals surface area contributed by atoms with Crippen LogP contribution in [0.1, 0.15) is 34.7 Å². The SMILES string of the molecule is COc1cc([C@H]2C3=CC[C@@H]4C(=O)N(c5cccc(C(=O)O)c5)C(=O)[C@@H]4[C@@H]3C[C@@]3(Cl)C(=O)N(c4ccc(F)cc4)C(=O)[C@@]23Cl)cc(I)c1O. The lowest BCUT2D eigenvalue weighted by molar-refractivity contribution is -0.125. The Morgan fingerprint density at radius 2 is 1.67 bits per heavy atom. The number of aromatic hydroxyl groups is 1. The normalized spacial score (nSPS) is 29.4. The summed E-state index contributed by atoms with van der Waals surface area (Å²) in [4.78, 5) is 66.1. The predicted molar refractivity (Wildman–Crippen MR) is 180 cm³/mol. The molecule has 0 spiro atoms. The third-order valence-electron chi connectivity index (χ3n) is 9.85. The quantitative estimate of drug-likeness (QED) is 0.147. The number of carboxylic acid groups (broad SMARTS) is 1. The van der Waals surface area contributed by atoms with Gasteiger partial charge in [0.15, 0.2) is 21.2 Å². The molecule has 4 amide bonds. The standard InChI is InChI=1S/C34H24Cl2FIN2O8/c1-48-24-13-16(12-23(38)27(24)41)26-20-9-10-21-25(29(43)39(28(21)42)19-4-2-3-15(11-19)30(44)45)22(20)14-33(35)31(46)40(32(47)34(26,33)36)18-7-5-17(37)6-8-18/h2-9,11-13,21-22,25-26,41H,10,14H2,1H3,(H,44,45)/t21-,22+,25-,26-,33+,34-/m0/s1. The molecule has 2 aliphatic carbocycles. The largest absolute Gasteiger partial charge is 0.504 e. The molecule has 3 aromatic carbocycles. The number of phenols is 1. The fourth-order valence-corrected chi connectivity index (χ4v) is 9.28. The number of imide groups is 2. The number of carbonyl (C=O) groups is 5. The van der Waals surface area contributed by atoms with E-state index in [2.05, 4.69) is 0 Å². The summed E-state index contributed by atoms with van der Waals surface area (Å²) in [6.45, 7) is 0. The minimum Gasteiger partial charge on any atom is -0.504 e. The van der Waals surface area contributed by atoms with Gasteiger partial charge >= 0.3 is 5.97 Å². The number of halogens is 4. The van der Waals surface area contributed by atoms with E-state index >= 15 is 0 Å². The zero-order valence-electron chi connectivity index (χ0n) is 24.8. The number of ether oxygens (including phenoxy) is 1. The number of carbonyl (C=O) groups excluding carboxylic acids is 4. The average molecular weight is 805 g/mol. The van der Waals surface area contributed by atoms with Gasteiger partial charge in [0, 0.05) is 5.92 Å². The molecule has 0 unspecified atom stereocenters. The Bertz CT molecular complexity index is 2010. The summed E-state index contributed by atoms with van der Waals surface area (Å²) < 4.78 is 19.6. The molecule has 0 aromatic heterocycles. The number of phenolic OH excluding ortho intramolecular Hbond substituents is 1. The second-order valence-corrected chi connectivity index (χ2v) is 14.6. The van der Waals surface area contributed by atoms with Crippen LogP contribution in [0, 0.1) is 27.1 Å². The fraction of sp³-hybridized carbons (Fsp3) is 0.265. The van der Waals surface area contributed by atoms with Crippen molar-refractivity contribution in [3.05, 3.63) is 92.8 Å². The van der Waals surface area contributed by atoms with Crippen LogP contribution in [0.25, 0.3) is 0 Å². The van der Waals surface area contributed by atoms with E-state index in [0.29, 0.717) is 14.7 Å². The molecule has 2 N–H and O–H groups in total. The van der Waals surface area contributed by atoms with E-state index in [1.54, 1.807) is 12.1 Å². The minimum absolute atomic E-state index is 0.0453. The smallest absolute Gasteiger partial charge is 0.335 e. The number of fused-ring (bicyclic) bond motifs is 4. The third kappa shape index (κ3) is 4.37. The van der Waals surface area contributed by atoms with Gasteiger partial charge in [-0.3, -0.25) is 24.1 Å². The van der Waals surface area contributed by atoms with Gasteiger partial charge < -0.3 is 14.9 Å². The lowest BCUT2D eigenvalue weighted by atomic mass is 9.56. The highest BCUT2D eigenvalue weighted by Crippen LogP contribution is 2.66. The highest BCUT2D eigenvalue weighted by molar-refractivity contribution is 14.1. The van der Waals surface area contributed by atoms with Gasteiger partial charge in [-0.2, -0.15) is 0 Å². The van der Waals surface area contributed by atoms with E-state index in [0.717, 1.165) is 21.9 Å². The number of methoxy groups -OCH3 is 1. The van der Waals surface area contributed by atoms with Gasteiger partial charge in [-0.05, 0) is 102 Å². The van der Waals surface area contributed by atoms with Crippen LogP contribution in [0.4, 0.5) is 15.8 Å². The molecule has 2 aliphatic heterocycles. The first-order valence-corrected chi connectivity index (χ1v) is 16.6. The van der Waals surface area contributed by atoms with Crippen LogP contribution in [0.2, 0.25) is 0 Å². The molecule has 0 bridgehead atoms. The van der Waals surface area contributed by atoms with Crippen LogP contribution in [0.5, 0.6) is 11.5 Å². The molecule has 2 heterocycles. The van der Waals surface area contributed by atoms with Crippen molar-refractivity contribution in [3.63, 3.8) is 0 Å². The van der Waals surface area contributed by atoms with Crippen molar-refractivity contribution in [3.8, 4) is 11.5 Å². The lowest BCUT2D eigenvalue weighted by Crippen LogP contribution is -2.60. The maximum absolute atomic E-state index is 14.5. The van der Waals surface area contributed by atoms with Crippen molar-refractivity contribution in [2.75, 3.05) is 16.9 Å². The highest BCUT2D eigenvalue weighted by atomic mass is 127. The number of nitrogens with zero attached hydrogens (tertiary/aromatic N) is 2. The van der Waals surface area contributed by atoms with Gasteiger partial charge in [-0.1, -0.05) is 17.7 Å². The van der Waals surface area contributed by atoms with Crippen molar-refractivity contribution in [2.24, 2.45) is 17.8 Å². The van der Waals surface area contributed by atoms with Gasteiger partial charge in [0.05, 0.1) is 39.5 Å². The first-order chi connectivity index (χ1) is 22.7. The topological polar surface area (TPSA) is 142 Å². The number of amides is 4. The Hall–Kier alpha value is -4.01. The summed E-state index contributed by atoms with van der Waals surface area (Å²) in [5.41, 5.74) is 0.902. The van der Waals surface area contributed by atoms with Crippen LogP contribution in [0.3, 0.4) is 0 Å². The number of rotatable bonds is 5. The molecular formula is C34H24Cl2FIN2O8. The van der Waals surface area contributed by atoms with Gasteiger partial charge in [0.25, 0.3) is 11.8 Å². The lowest BCUT2D eigenvalue weighted by Gasteiger charge is -2.50. The van der Waals surface area contributed by atoms with Gasteiger partial charge in [-0.25, -0.2) is 14.1 Å². The number of allylic oxidation sites excluding steroid dienone is 2. The van der Waals surface area contributed by atoms with Crippen molar-refractivity contribution in [1.82, 2.24) is 0 Å². The maximum atomic E-state index is 14.5. The predicted octanol–water partition coefficient (Wildman–Crippen LogP) is 5.61. The minimum atomic E-state index is -2.17. The molecule has 7 rings (SSSR count). The number of carboxylic acids is 1. The molecule has 1 saturated carbocycles. The zero-order chi connectivity index (χ0) is 34.4. The summed E-state index contributed by atoms with van der Waals surface area (Å²) in [5.74, 6) is -8.67. The Kier molecular flexibility index (Phi) is 7.64. The van der Waals surface area contributed by atoms with Crippen molar-refractivity contribution < 1.29 is 43.3 Å². The van der Waals surface area contributed by atoms with E-state index in [1.807, 2.05) is 22.6 Å². The van der Waals surface area contributed by atoms with Crippen LogP contribution in [-0.2, 0) is 19.2 Å². The maximum Gasteiger partial charge on any atom is 0.335 e. The zero-order valence-corrected chi connectivity index (χ0v) is 28.5. The van der Waals surface area contributed by atoms with Crippen molar-refractivity contribution >= 4 is 86.8 Å². The van der Waals surface area contributed by atoms with E-state index < -0.39 is 68.8 Å². The molecule has 48 heavy (non-hydrogen) atoms. The number of benzene rings is 3. The fourth-order valence-electron chi connectivity index (χ4n) is 7.72. The van der Waals surface area contributed by atoms with Crippen molar-refractivity contribution in [1.29, 1.82) is 0 Å². The summed E-state index contributed by atoms with van der Waals surface area (Å²) in [7, 11) is 1.35. The molecule has 3 aromatic rings. The highest BCUT2D eigenvalue weighted by Gasteiger charge is 2.76. The molecule has 6 atom stereocenters. The molecule has 3 fully saturated rings. The van der Waals surface area contributed by atoms with E-state index in [9.17, 15) is 38.6 Å². The van der Waals surface area contributed by atoms with Crippen molar-refractivity contribution in [2.45, 2.75) is 28.5 Å². The van der Waals surface area contributed by atoms with E-state index in [4.69, 9.17) is 27.9 Å². The third-order valence-corrected chi connectivity index (χ3v) is 12.1. The molecule has 14 heteroatoms. The number of aromatic carboxylic acids is 1. The number of anilines is 2. The Balaban J connectivity index is 1.41. The van der Waals surface area contributed by atoms with E-state index in [-0.39, 0.29) is 41.3 Å². The Morgan fingerprint density at radius 1 is 0.958 bits per heavy atom. The summed E-state index contributed by atoms with van der Waals surface area (Å²) >= 11 is 16.7. The summed E-state index contributed by atoms with van der Waals surface area (Å²) in [5, 5.41) is 20.2. The molecule has 10 nitrogen and oxygen atoms in total. The molecule has 0 radical (unpaired) electrons. The van der Waals surface area contributed by atoms with Gasteiger partial charge in [-0.15, -0.1) is 23.2 Å². The monoisotopic (exact) mass is 804 g/mol. The van der Waals surface area contributed by atoms with Crippen LogP contribution in [0.15, 0.2) is 72.3 Å². The van der Waals surface area contributed by atoms with Crippen LogP contribution in [-0.4, -0.2) is 56.7 Å². The van der Waals surface area contributed by atoms with Crippen LogP contribution >= 0.6 is 45.8 Å². The average Bonchev–Trinajstić information content (AvgIpc) is 3.40. The van der Waals surface area contributed by atoms with E-state index in [1.165, 1.54) is 49.6 Å². The molecule has 246 valence electrons. The van der Waals surface area contributed by atoms with Gasteiger partial charge in [0.2, 0.25) is 11.8 Å². The Morgan fingerprint density at radius 3 is 2.33 bits per heavy atom. The molecular weight excluding hydrogens is 781 g/mol. The summed E-state index contributed by atoms with van der Waals surface area (Å²) in [6.07, 6.45) is 1.55. The second kappa shape index (κ2) is 11.3. The van der Waals surface area contributed by atoms with Crippen LogP contribution < -0.4 is 14.5 Å². The number of hydrogen-bond acceptors (Lipinski definition) is 7. The Labute approximate surface area is 296 Å².